The third kappa shape index (κ3) is 3.70. The number of thiophene rings is 1. The van der Waals surface area contributed by atoms with E-state index in [0.717, 1.165) is 9.21 Å². The fourth-order valence-electron chi connectivity index (χ4n) is 1.64. The predicted molar refractivity (Wildman–Crippen MR) is 79.2 cm³/mol. The van der Waals surface area contributed by atoms with Crippen LogP contribution in [0.3, 0.4) is 0 Å². The Balaban J connectivity index is 2.20. The molecule has 0 amide bonds. The molecule has 0 saturated carbocycles. The van der Waals surface area contributed by atoms with Crippen molar-refractivity contribution < 1.29 is 8.42 Å². The number of hydrogen-bond donors (Lipinski definition) is 2. The van der Waals surface area contributed by atoms with Crippen molar-refractivity contribution in [3.8, 4) is 0 Å². The molecule has 0 saturated heterocycles. The van der Waals surface area contributed by atoms with E-state index < -0.39 is 10.0 Å². The van der Waals surface area contributed by atoms with Gasteiger partial charge in [0.2, 0.25) is 10.0 Å². The highest BCUT2D eigenvalue weighted by Crippen LogP contribution is 2.29. The fraction of sp³-hybridized carbons (Fsp3) is 0.167. The van der Waals surface area contributed by atoms with E-state index in [9.17, 15) is 8.42 Å². The van der Waals surface area contributed by atoms with E-state index in [0.29, 0.717) is 5.69 Å². The largest absolute Gasteiger partial charge is 0.378 e. The molecule has 3 N–H and O–H groups in total. The van der Waals surface area contributed by atoms with E-state index in [4.69, 9.17) is 16.7 Å². The van der Waals surface area contributed by atoms with Crippen molar-refractivity contribution in [1.29, 1.82) is 0 Å². The number of hydrogen-bond acceptors (Lipinski definition) is 4. The summed E-state index contributed by atoms with van der Waals surface area (Å²) in [6.45, 7) is 1.98. The van der Waals surface area contributed by atoms with Gasteiger partial charge < -0.3 is 5.32 Å². The number of nitrogens with one attached hydrogen (secondary N) is 1. The summed E-state index contributed by atoms with van der Waals surface area (Å²) in [6.07, 6.45) is 0. The number of anilines is 1. The van der Waals surface area contributed by atoms with Gasteiger partial charge in [-0.3, -0.25) is 0 Å². The Bertz CT molecular complexity index is 683. The minimum Gasteiger partial charge on any atom is -0.378 e. The molecule has 1 heterocycles. The summed E-state index contributed by atoms with van der Waals surface area (Å²) in [7, 11) is -3.68. The van der Waals surface area contributed by atoms with Crippen LogP contribution in [0.2, 0.25) is 4.34 Å². The van der Waals surface area contributed by atoms with Gasteiger partial charge in [-0.25, -0.2) is 13.6 Å². The summed E-state index contributed by atoms with van der Waals surface area (Å²) in [5.74, 6) is 0. The SMILES string of the molecule is CC(Nc1cccc(S(N)(=O)=O)c1)c1ccc(Cl)s1. The number of primary sulfonamides is 1. The first kappa shape index (κ1) is 14.3. The summed E-state index contributed by atoms with van der Waals surface area (Å²) in [5, 5.41) is 8.32. The first-order valence-corrected chi connectivity index (χ1v) is 8.25. The maximum absolute atomic E-state index is 11.3. The zero-order valence-corrected chi connectivity index (χ0v) is 12.5. The second-order valence-corrected chi connectivity index (χ2v) is 7.39. The van der Waals surface area contributed by atoms with Crippen LogP contribution in [0.5, 0.6) is 0 Å². The zero-order valence-electron chi connectivity index (χ0n) is 10.1. The van der Waals surface area contributed by atoms with Gasteiger partial charge >= 0.3 is 0 Å². The number of rotatable bonds is 4. The van der Waals surface area contributed by atoms with Crippen LogP contribution in [0.4, 0.5) is 5.69 Å². The van der Waals surface area contributed by atoms with Crippen molar-refractivity contribution >= 4 is 38.6 Å². The lowest BCUT2D eigenvalue weighted by atomic mass is 10.2. The molecule has 1 aromatic carbocycles. The second-order valence-electron chi connectivity index (χ2n) is 4.08. The lowest BCUT2D eigenvalue weighted by Crippen LogP contribution is -2.13. The highest BCUT2D eigenvalue weighted by Gasteiger charge is 2.11. The first-order valence-electron chi connectivity index (χ1n) is 5.51. The van der Waals surface area contributed by atoms with E-state index in [1.807, 2.05) is 19.1 Å². The van der Waals surface area contributed by atoms with E-state index in [-0.39, 0.29) is 10.9 Å². The molecule has 102 valence electrons. The molecule has 0 radical (unpaired) electrons. The molecule has 0 spiro atoms. The highest BCUT2D eigenvalue weighted by molar-refractivity contribution is 7.89. The fourth-order valence-corrected chi connectivity index (χ4v) is 3.27. The monoisotopic (exact) mass is 316 g/mol. The summed E-state index contributed by atoms with van der Waals surface area (Å²) in [4.78, 5) is 1.17. The van der Waals surface area contributed by atoms with E-state index in [1.54, 1.807) is 12.1 Å². The molecule has 0 aliphatic rings. The summed E-state index contributed by atoms with van der Waals surface area (Å²) < 4.78 is 23.3. The molecule has 7 heteroatoms. The molecular formula is C12H13ClN2O2S2. The van der Waals surface area contributed by atoms with Gasteiger partial charge in [0, 0.05) is 10.6 Å². The minimum absolute atomic E-state index is 0.0354. The van der Waals surface area contributed by atoms with Gasteiger partial charge in [0.25, 0.3) is 0 Å². The number of sulfonamides is 1. The van der Waals surface area contributed by atoms with Crippen LogP contribution in [-0.4, -0.2) is 8.42 Å². The maximum Gasteiger partial charge on any atom is 0.238 e. The van der Waals surface area contributed by atoms with Crippen molar-refractivity contribution in [3.05, 3.63) is 45.6 Å². The number of halogens is 1. The molecule has 1 unspecified atom stereocenters. The van der Waals surface area contributed by atoms with Gasteiger partial charge in [0.05, 0.1) is 15.3 Å². The smallest absolute Gasteiger partial charge is 0.238 e. The van der Waals surface area contributed by atoms with E-state index in [2.05, 4.69) is 5.32 Å². The van der Waals surface area contributed by atoms with Gasteiger partial charge in [0.1, 0.15) is 0 Å². The Hall–Kier alpha value is -1.08. The zero-order chi connectivity index (χ0) is 14.0. The average Bonchev–Trinajstić information content (AvgIpc) is 2.75. The number of nitrogens with two attached hydrogens (primary N) is 1. The molecule has 0 aliphatic heterocycles. The second kappa shape index (κ2) is 5.50. The van der Waals surface area contributed by atoms with Crippen LogP contribution >= 0.6 is 22.9 Å². The summed E-state index contributed by atoms with van der Waals surface area (Å²) in [5.41, 5.74) is 0.698. The molecule has 1 atom stereocenters. The summed E-state index contributed by atoms with van der Waals surface area (Å²) in [6, 6.07) is 10.2. The van der Waals surface area contributed by atoms with Crippen LogP contribution in [0.25, 0.3) is 0 Å². The van der Waals surface area contributed by atoms with Crippen molar-refractivity contribution in [1.82, 2.24) is 0 Å². The topological polar surface area (TPSA) is 72.2 Å². The Morgan fingerprint density at radius 3 is 2.63 bits per heavy atom. The van der Waals surface area contributed by atoms with Gasteiger partial charge in [-0.05, 0) is 37.3 Å². The lowest BCUT2D eigenvalue weighted by molar-refractivity contribution is 0.598. The number of benzene rings is 1. The van der Waals surface area contributed by atoms with Crippen LogP contribution in [-0.2, 0) is 10.0 Å². The first-order chi connectivity index (χ1) is 8.86. The molecule has 2 aromatic rings. The maximum atomic E-state index is 11.3. The van der Waals surface area contributed by atoms with Gasteiger partial charge in [-0.1, -0.05) is 17.7 Å². The third-order valence-corrected chi connectivity index (χ3v) is 4.89. The lowest BCUT2D eigenvalue weighted by Gasteiger charge is -2.14. The van der Waals surface area contributed by atoms with Crippen molar-refractivity contribution in [2.45, 2.75) is 17.9 Å². The Morgan fingerprint density at radius 1 is 1.32 bits per heavy atom. The Kier molecular flexibility index (Phi) is 4.15. The standard InChI is InChI=1S/C12H13ClN2O2S2/c1-8(11-5-6-12(13)18-11)15-9-3-2-4-10(7-9)19(14,16)17/h2-8,15H,1H3,(H2,14,16,17). The van der Waals surface area contributed by atoms with Gasteiger partial charge in [-0.15, -0.1) is 11.3 Å². The van der Waals surface area contributed by atoms with Crippen LogP contribution in [0.15, 0.2) is 41.3 Å². The van der Waals surface area contributed by atoms with E-state index >= 15 is 0 Å². The van der Waals surface area contributed by atoms with Gasteiger partial charge in [0.15, 0.2) is 0 Å². The van der Waals surface area contributed by atoms with Crippen LogP contribution in [0.1, 0.15) is 17.8 Å². The molecule has 4 nitrogen and oxygen atoms in total. The van der Waals surface area contributed by atoms with Crippen molar-refractivity contribution in [2.75, 3.05) is 5.32 Å². The third-order valence-electron chi connectivity index (χ3n) is 2.57. The van der Waals surface area contributed by atoms with Crippen molar-refractivity contribution in [2.24, 2.45) is 5.14 Å². The minimum atomic E-state index is -3.68. The summed E-state index contributed by atoms with van der Waals surface area (Å²) >= 11 is 7.37. The quantitative estimate of drug-likeness (QED) is 0.909. The molecular weight excluding hydrogens is 304 g/mol. The molecule has 1 aromatic heterocycles. The van der Waals surface area contributed by atoms with Crippen molar-refractivity contribution in [3.63, 3.8) is 0 Å². The van der Waals surface area contributed by atoms with E-state index in [1.165, 1.54) is 23.5 Å². The predicted octanol–water partition coefficient (Wildman–Crippen LogP) is 3.22. The Morgan fingerprint density at radius 2 is 2.05 bits per heavy atom. The Labute approximate surface area is 121 Å². The van der Waals surface area contributed by atoms with Crippen LogP contribution in [0, 0.1) is 0 Å². The van der Waals surface area contributed by atoms with Crippen LogP contribution < -0.4 is 10.5 Å². The molecule has 19 heavy (non-hydrogen) atoms. The molecule has 0 aliphatic carbocycles. The molecule has 0 bridgehead atoms. The normalized spacial score (nSPS) is 13.2. The average molecular weight is 317 g/mol. The molecule has 0 fully saturated rings. The van der Waals surface area contributed by atoms with Gasteiger partial charge in [-0.2, -0.15) is 0 Å². The highest BCUT2D eigenvalue weighted by atomic mass is 35.5. The molecule has 2 rings (SSSR count).